The van der Waals surface area contributed by atoms with E-state index in [4.69, 9.17) is 15.6 Å². The van der Waals surface area contributed by atoms with Gasteiger partial charge >= 0.3 is 6.18 Å². The molecule has 7 heteroatoms. The van der Waals surface area contributed by atoms with E-state index < -0.39 is 11.7 Å². The van der Waals surface area contributed by atoms with Crippen LogP contribution in [0.4, 0.5) is 13.2 Å². The van der Waals surface area contributed by atoms with Crippen LogP contribution in [0.5, 0.6) is 0 Å². The number of thioether (sulfide) groups is 1. The van der Waals surface area contributed by atoms with Crippen LogP contribution in [0, 0.1) is 10.8 Å². The minimum Gasteiger partial charge on any atom is -0.370 e. The van der Waals surface area contributed by atoms with Crippen molar-refractivity contribution < 1.29 is 17.9 Å². The molecule has 3 nitrogen and oxygen atoms in total. The molecule has 0 spiro atoms. The Bertz CT molecular complexity index is 700. The number of hydrogen-bond acceptors (Lipinski definition) is 4. The highest BCUT2D eigenvalue weighted by molar-refractivity contribution is 8.26. The topological polar surface area (TPSA) is 56.9 Å². The Morgan fingerprint density at radius 1 is 0.958 bits per heavy atom. The summed E-state index contributed by atoms with van der Waals surface area (Å²) in [6.45, 7) is 0.403. The van der Waals surface area contributed by atoms with Gasteiger partial charge in [-0.25, -0.2) is 0 Å². The predicted molar refractivity (Wildman–Crippen MR) is 89.7 cm³/mol. The zero-order valence-electron chi connectivity index (χ0n) is 12.6. The Labute approximate surface area is 141 Å². The van der Waals surface area contributed by atoms with Crippen LogP contribution in [0.25, 0.3) is 0 Å². The molecule has 24 heavy (non-hydrogen) atoms. The third-order valence-electron chi connectivity index (χ3n) is 3.04. The molecule has 0 aliphatic heterocycles. The van der Waals surface area contributed by atoms with E-state index in [9.17, 15) is 13.2 Å². The summed E-state index contributed by atoms with van der Waals surface area (Å²) in [7, 11) is 0. The minimum atomic E-state index is -4.40. The second kappa shape index (κ2) is 8.12. The van der Waals surface area contributed by atoms with Crippen molar-refractivity contribution in [1.82, 2.24) is 0 Å². The van der Waals surface area contributed by atoms with Crippen molar-refractivity contribution in [2.24, 2.45) is 0 Å². The lowest BCUT2D eigenvalue weighted by Gasteiger charge is -2.09. The van der Waals surface area contributed by atoms with Gasteiger partial charge in [0.1, 0.15) is 5.04 Å². The monoisotopic (exact) mass is 352 g/mol. The van der Waals surface area contributed by atoms with Crippen molar-refractivity contribution in [2.45, 2.75) is 12.8 Å². The first-order valence-electron chi connectivity index (χ1n) is 6.99. The SMILES string of the molecule is N=C(COCc1ccccc1)SC(=N)c1ccc(C(F)(F)F)cc1. The zero-order chi connectivity index (χ0) is 17.6. The molecular weight excluding hydrogens is 337 g/mol. The minimum absolute atomic E-state index is 0.0111. The summed E-state index contributed by atoms with van der Waals surface area (Å²) in [4.78, 5) is 0. The normalized spacial score (nSPS) is 11.3. The Morgan fingerprint density at radius 3 is 2.17 bits per heavy atom. The molecule has 0 atom stereocenters. The molecule has 0 aliphatic carbocycles. The van der Waals surface area contributed by atoms with Crippen LogP contribution in [0.15, 0.2) is 54.6 Å². The van der Waals surface area contributed by atoms with E-state index in [1.54, 1.807) is 0 Å². The first kappa shape index (κ1) is 18.2. The van der Waals surface area contributed by atoms with Crippen LogP contribution >= 0.6 is 11.8 Å². The van der Waals surface area contributed by atoms with Gasteiger partial charge in [0.15, 0.2) is 0 Å². The van der Waals surface area contributed by atoms with Gasteiger partial charge < -0.3 is 4.74 Å². The number of alkyl halides is 3. The fraction of sp³-hybridized carbons (Fsp3) is 0.176. The fourth-order valence-corrected chi connectivity index (χ4v) is 2.50. The van der Waals surface area contributed by atoms with E-state index in [1.807, 2.05) is 30.3 Å². The molecule has 2 aromatic rings. The van der Waals surface area contributed by atoms with Gasteiger partial charge in [-0.2, -0.15) is 13.2 Å². The maximum Gasteiger partial charge on any atom is 0.416 e. The van der Waals surface area contributed by atoms with E-state index in [0.29, 0.717) is 12.2 Å². The third kappa shape index (κ3) is 5.50. The number of nitrogens with one attached hydrogen (secondary N) is 2. The van der Waals surface area contributed by atoms with Crippen LogP contribution < -0.4 is 0 Å². The molecule has 2 N–H and O–H groups in total. The largest absolute Gasteiger partial charge is 0.416 e. The van der Waals surface area contributed by atoms with Crippen LogP contribution in [0.2, 0.25) is 0 Å². The van der Waals surface area contributed by atoms with Gasteiger partial charge in [-0.15, -0.1) is 0 Å². The molecule has 0 unspecified atom stereocenters. The van der Waals surface area contributed by atoms with Crippen LogP contribution in [0.1, 0.15) is 16.7 Å². The van der Waals surface area contributed by atoms with Crippen LogP contribution in [-0.4, -0.2) is 16.7 Å². The number of rotatable bonds is 5. The standard InChI is InChI=1S/C17H15F3N2OS/c18-17(19,20)14-8-6-13(7-9-14)16(22)24-15(21)11-23-10-12-4-2-1-3-5-12/h1-9,21-22H,10-11H2. The van der Waals surface area contributed by atoms with Crippen molar-refractivity contribution in [2.75, 3.05) is 6.61 Å². The summed E-state index contributed by atoms with van der Waals surface area (Å²) in [5, 5.41) is 15.8. The maximum absolute atomic E-state index is 12.5. The van der Waals surface area contributed by atoms with Crippen molar-refractivity contribution in [3.05, 3.63) is 71.3 Å². The van der Waals surface area contributed by atoms with Gasteiger partial charge in [0, 0.05) is 5.56 Å². The first-order chi connectivity index (χ1) is 11.4. The Hall–Kier alpha value is -2.12. The average Bonchev–Trinajstić information content (AvgIpc) is 2.55. The predicted octanol–water partition coefficient (Wildman–Crippen LogP) is 4.96. The van der Waals surface area contributed by atoms with Crippen molar-refractivity contribution >= 4 is 21.8 Å². The molecule has 0 amide bonds. The van der Waals surface area contributed by atoms with Gasteiger partial charge in [-0.05, 0) is 17.7 Å². The smallest absolute Gasteiger partial charge is 0.370 e. The van der Waals surface area contributed by atoms with Gasteiger partial charge in [0.05, 0.1) is 23.8 Å². The molecule has 126 valence electrons. The molecule has 0 aliphatic rings. The number of halogens is 3. The summed E-state index contributed by atoms with van der Waals surface area (Å²) in [5.74, 6) is 0. The molecule has 0 fully saturated rings. The second-order valence-corrected chi connectivity index (χ2v) is 6.01. The molecule has 0 saturated heterocycles. The van der Waals surface area contributed by atoms with Gasteiger partial charge in [-0.1, -0.05) is 54.2 Å². The van der Waals surface area contributed by atoms with Crippen molar-refractivity contribution in [3.63, 3.8) is 0 Å². The summed E-state index contributed by atoms with van der Waals surface area (Å²) < 4.78 is 42.9. The molecule has 0 heterocycles. The van der Waals surface area contributed by atoms with Crippen LogP contribution in [-0.2, 0) is 17.5 Å². The van der Waals surface area contributed by atoms with Gasteiger partial charge in [0.25, 0.3) is 0 Å². The van der Waals surface area contributed by atoms with Crippen molar-refractivity contribution in [3.8, 4) is 0 Å². The highest BCUT2D eigenvalue weighted by atomic mass is 32.2. The molecule has 0 saturated carbocycles. The number of ether oxygens (including phenoxy) is 1. The molecular formula is C17H15F3N2OS. The average molecular weight is 352 g/mol. The lowest BCUT2D eigenvalue weighted by atomic mass is 10.1. The van der Waals surface area contributed by atoms with E-state index >= 15 is 0 Å². The summed E-state index contributed by atoms with van der Waals surface area (Å²) in [5.41, 5.74) is 0.555. The fourth-order valence-electron chi connectivity index (χ4n) is 1.86. The van der Waals surface area contributed by atoms with E-state index in [2.05, 4.69) is 0 Å². The van der Waals surface area contributed by atoms with Gasteiger partial charge in [-0.3, -0.25) is 10.8 Å². The number of benzene rings is 2. The number of hydrogen-bond donors (Lipinski definition) is 2. The van der Waals surface area contributed by atoms with Crippen molar-refractivity contribution in [1.29, 1.82) is 10.8 Å². The molecule has 0 aromatic heterocycles. The van der Waals surface area contributed by atoms with E-state index in [-0.39, 0.29) is 16.7 Å². The molecule has 0 radical (unpaired) electrons. The lowest BCUT2D eigenvalue weighted by molar-refractivity contribution is -0.137. The quantitative estimate of drug-likeness (QED) is 0.590. The van der Waals surface area contributed by atoms with E-state index in [0.717, 1.165) is 29.5 Å². The maximum atomic E-state index is 12.5. The third-order valence-corrected chi connectivity index (χ3v) is 3.85. The van der Waals surface area contributed by atoms with E-state index in [1.165, 1.54) is 12.1 Å². The summed E-state index contributed by atoms with van der Waals surface area (Å²) >= 11 is 0.862. The Kier molecular flexibility index (Phi) is 6.16. The molecule has 0 bridgehead atoms. The second-order valence-electron chi connectivity index (χ2n) is 4.91. The first-order valence-corrected chi connectivity index (χ1v) is 7.81. The highest BCUT2D eigenvalue weighted by Crippen LogP contribution is 2.29. The Balaban J connectivity index is 1.82. The van der Waals surface area contributed by atoms with Gasteiger partial charge in [0.2, 0.25) is 0 Å². The summed E-state index contributed by atoms with van der Waals surface area (Å²) in [6, 6.07) is 13.8. The molecule has 2 rings (SSSR count). The highest BCUT2D eigenvalue weighted by Gasteiger charge is 2.30. The molecule has 2 aromatic carbocycles. The Morgan fingerprint density at radius 2 is 1.58 bits per heavy atom. The summed E-state index contributed by atoms with van der Waals surface area (Å²) in [6.07, 6.45) is -4.40. The zero-order valence-corrected chi connectivity index (χ0v) is 13.4. The van der Waals surface area contributed by atoms with Crippen LogP contribution in [0.3, 0.4) is 0 Å². The lowest BCUT2D eigenvalue weighted by Crippen LogP contribution is -2.08.